The highest BCUT2D eigenvalue weighted by molar-refractivity contribution is 5.80. The molecule has 1 heterocycles. The summed E-state index contributed by atoms with van der Waals surface area (Å²) in [6, 6.07) is 0.935. The van der Waals surface area contributed by atoms with E-state index in [9.17, 15) is 13.2 Å². The van der Waals surface area contributed by atoms with Crippen molar-refractivity contribution in [3.05, 3.63) is 35.1 Å². The number of hydrogen-bond acceptors (Lipinski definition) is 3. The van der Waals surface area contributed by atoms with Crippen molar-refractivity contribution in [2.24, 2.45) is 10.7 Å². The lowest BCUT2D eigenvalue weighted by Crippen LogP contribution is -2.41. The second-order valence-electron chi connectivity index (χ2n) is 4.50. The molecule has 98 valence electrons. The maximum absolute atomic E-state index is 13.7. The average Bonchev–Trinajstić information content (AvgIpc) is 2.65. The second-order valence-corrected chi connectivity index (χ2v) is 4.50. The Balaban J connectivity index is 2.41. The van der Waals surface area contributed by atoms with Gasteiger partial charge >= 0.3 is 0 Å². The highest BCUT2D eigenvalue weighted by atomic mass is 19.2. The molecule has 1 unspecified atom stereocenters. The third-order valence-corrected chi connectivity index (χ3v) is 2.98. The topological polar surface area (TPSA) is 41.6 Å². The molecule has 0 aromatic heterocycles. The Labute approximate surface area is 103 Å². The predicted molar refractivity (Wildman–Crippen MR) is 62.5 cm³/mol. The van der Waals surface area contributed by atoms with Gasteiger partial charge in [0.15, 0.2) is 17.6 Å². The molecule has 18 heavy (non-hydrogen) atoms. The van der Waals surface area contributed by atoms with Crippen LogP contribution in [0.4, 0.5) is 13.2 Å². The van der Waals surface area contributed by atoms with Crippen LogP contribution in [0.2, 0.25) is 0 Å². The molecule has 3 nitrogen and oxygen atoms in total. The van der Waals surface area contributed by atoms with E-state index >= 15 is 0 Å². The fourth-order valence-electron chi connectivity index (χ4n) is 2.18. The summed E-state index contributed by atoms with van der Waals surface area (Å²) in [6.45, 7) is 3.99. The molecule has 1 aromatic rings. The lowest BCUT2D eigenvalue weighted by molar-refractivity contribution is 0.283. The SMILES string of the molecule is CC(C)N1C(N)=NCC1c1cc(F)c(F)cc1F. The summed E-state index contributed by atoms with van der Waals surface area (Å²) in [5, 5.41) is 0. The Hall–Kier alpha value is -1.72. The average molecular weight is 257 g/mol. The molecular formula is C12H14F3N3. The fourth-order valence-corrected chi connectivity index (χ4v) is 2.18. The van der Waals surface area contributed by atoms with E-state index in [2.05, 4.69) is 4.99 Å². The van der Waals surface area contributed by atoms with Gasteiger partial charge in [0.2, 0.25) is 0 Å². The van der Waals surface area contributed by atoms with Crippen molar-refractivity contribution in [2.45, 2.75) is 25.9 Å². The summed E-state index contributed by atoms with van der Waals surface area (Å²) < 4.78 is 39.8. The van der Waals surface area contributed by atoms with Crippen LogP contribution in [0.3, 0.4) is 0 Å². The van der Waals surface area contributed by atoms with E-state index in [0.717, 1.165) is 6.07 Å². The normalized spacial score (nSPS) is 19.6. The van der Waals surface area contributed by atoms with Crippen LogP contribution >= 0.6 is 0 Å². The van der Waals surface area contributed by atoms with Crippen molar-refractivity contribution in [3.63, 3.8) is 0 Å². The molecule has 0 amide bonds. The highest BCUT2D eigenvalue weighted by Gasteiger charge is 2.32. The molecule has 1 aromatic carbocycles. The van der Waals surface area contributed by atoms with E-state index in [4.69, 9.17) is 5.73 Å². The molecule has 0 spiro atoms. The molecule has 1 atom stereocenters. The van der Waals surface area contributed by atoms with Gasteiger partial charge in [-0.3, -0.25) is 4.99 Å². The van der Waals surface area contributed by atoms with Gasteiger partial charge in [-0.05, 0) is 19.9 Å². The molecule has 2 rings (SSSR count). The first-order chi connectivity index (χ1) is 8.41. The Morgan fingerprint density at radius 3 is 2.44 bits per heavy atom. The van der Waals surface area contributed by atoms with E-state index in [1.807, 2.05) is 13.8 Å². The zero-order valence-corrected chi connectivity index (χ0v) is 10.1. The van der Waals surface area contributed by atoms with E-state index in [1.165, 1.54) is 0 Å². The van der Waals surface area contributed by atoms with Crippen molar-refractivity contribution < 1.29 is 13.2 Å². The molecule has 0 fully saturated rings. The molecule has 6 heteroatoms. The number of benzene rings is 1. The van der Waals surface area contributed by atoms with Crippen molar-refractivity contribution in [3.8, 4) is 0 Å². The molecule has 0 bridgehead atoms. The molecule has 0 saturated heterocycles. The van der Waals surface area contributed by atoms with Gasteiger partial charge in [-0.15, -0.1) is 0 Å². The zero-order chi connectivity index (χ0) is 13.4. The number of guanidine groups is 1. The van der Waals surface area contributed by atoms with Crippen LogP contribution in [0.15, 0.2) is 17.1 Å². The van der Waals surface area contributed by atoms with Gasteiger partial charge in [-0.2, -0.15) is 0 Å². The number of hydrogen-bond donors (Lipinski definition) is 1. The first-order valence-corrected chi connectivity index (χ1v) is 5.64. The summed E-state index contributed by atoms with van der Waals surface area (Å²) in [7, 11) is 0. The first kappa shape index (κ1) is 12.7. The Bertz CT molecular complexity index is 500. The largest absolute Gasteiger partial charge is 0.370 e. The minimum Gasteiger partial charge on any atom is -0.370 e. The van der Waals surface area contributed by atoms with E-state index in [1.54, 1.807) is 4.90 Å². The van der Waals surface area contributed by atoms with Gasteiger partial charge in [0.1, 0.15) is 5.82 Å². The van der Waals surface area contributed by atoms with Crippen LogP contribution in [0, 0.1) is 17.5 Å². The summed E-state index contributed by atoms with van der Waals surface area (Å²) >= 11 is 0. The number of halogens is 3. The molecule has 2 N–H and O–H groups in total. The number of nitrogens with zero attached hydrogens (tertiary/aromatic N) is 2. The Kier molecular flexibility index (Phi) is 3.19. The third kappa shape index (κ3) is 2.02. The summed E-state index contributed by atoms with van der Waals surface area (Å²) in [6.07, 6.45) is 0. The van der Waals surface area contributed by atoms with Crippen LogP contribution < -0.4 is 5.73 Å². The van der Waals surface area contributed by atoms with Gasteiger partial charge in [0, 0.05) is 17.7 Å². The molecule has 0 radical (unpaired) electrons. The van der Waals surface area contributed by atoms with Crippen molar-refractivity contribution in [2.75, 3.05) is 6.54 Å². The molecule has 1 aliphatic rings. The smallest absolute Gasteiger partial charge is 0.192 e. The summed E-state index contributed by atoms with van der Waals surface area (Å²) in [4.78, 5) is 5.72. The van der Waals surface area contributed by atoms with Gasteiger partial charge in [-0.25, -0.2) is 13.2 Å². The molecule has 1 aliphatic heterocycles. The van der Waals surface area contributed by atoms with Crippen LogP contribution in [0.25, 0.3) is 0 Å². The zero-order valence-electron chi connectivity index (χ0n) is 10.1. The molecule has 0 saturated carbocycles. The van der Waals surface area contributed by atoms with Crippen molar-refractivity contribution >= 4 is 5.96 Å². The third-order valence-electron chi connectivity index (χ3n) is 2.98. The maximum Gasteiger partial charge on any atom is 0.192 e. The summed E-state index contributed by atoms with van der Waals surface area (Å²) in [5.41, 5.74) is 5.79. The second kappa shape index (κ2) is 4.51. The number of rotatable bonds is 2. The highest BCUT2D eigenvalue weighted by Crippen LogP contribution is 2.30. The van der Waals surface area contributed by atoms with Crippen molar-refractivity contribution in [1.29, 1.82) is 0 Å². The van der Waals surface area contributed by atoms with Crippen molar-refractivity contribution in [1.82, 2.24) is 4.90 Å². The van der Waals surface area contributed by atoms with Crippen LogP contribution in [-0.4, -0.2) is 23.4 Å². The number of aliphatic imine (C=N–C) groups is 1. The van der Waals surface area contributed by atoms with E-state index in [-0.39, 0.29) is 18.2 Å². The first-order valence-electron chi connectivity index (χ1n) is 5.64. The molecular weight excluding hydrogens is 243 g/mol. The van der Waals surface area contributed by atoms with Crippen LogP contribution in [0.1, 0.15) is 25.5 Å². The van der Waals surface area contributed by atoms with Gasteiger partial charge in [0.05, 0.1) is 12.6 Å². The van der Waals surface area contributed by atoms with Crippen LogP contribution in [0.5, 0.6) is 0 Å². The Morgan fingerprint density at radius 2 is 1.83 bits per heavy atom. The van der Waals surface area contributed by atoms with E-state index in [0.29, 0.717) is 12.0 Å². The molecule has 0 aliphatic carbocycles. The summed E-state index contributed by atoms with van der Waals surface area (Å²) in [5.74, 6) is -2.76. The van der Waals surface area contributed by atoms with Crippen LogP contribution in [-0.2, 0) is 0 Å². The standard InChI is InChI=1S/C12H14F3N3/c1-6(2)18-11(5-17-12(18)16)7-3-9(14)10(15)4-8(7)13/h3-4,6,11H,5H2,1-2H3,(H2,16,17). The lowest BCUT2D eigenvalue weighted by Gasteiger charge is -2.30. The monoisotopic (exact) mass is 257 g/mol. The Morgan fingerprint density at radius 1 is 1.22 bits per heavy atom. The van der Waals surface area contributed by atoms with Gasteiger partial charge in [0.25, 0.3) is 0 Å². The predicted octanol–water partition coefficient (Wildman–Crippen LogP) is 2.18. The minimum absolute atomic E-state index is 0.00577. The van der Waals surface area contributed by atoms with Gasteiger partial charge < -0.3 is 10.6 Å². The minimum atomic E-state index is -1.20. The lowest BCUT2D eigenvalue weighted by atomic mass is 10.0. The number of nitrogens with two attached hydrogens (primary N) is 1. The maximum atomic E-state index is 13.7. The van der Waals surface area contributed by atoms with E-state index < -0.39 is 23.5 Å². The quantitative estimate of drug-likeness (QED) is 0.825. The van der Waals surface area contributed by atoms with Gasteiger partial charge in [-0.1, -0.05) is 0 Å². The fraction of sp³-hybridized carbons (Fsp3) is 0.417.